The van der Waals surface area contributed by atoms with Gasteiger partial charge in [-0.05, 0) is 49.2 Å². The monoisotopic (exact) mass is 351 g/mol. The quantitative estimate of drug-likeness (QED) is 0.715. The molecular weight excluding hydrogens is 333 g/mol. The van der Waals surface area contributed by atoms with Crippen molar-refractivity contribution < 1.29 is 13.7 Å². The summed E-state index contributed by atoms with van der Waals surface area (Å²) in [5, 5.41) is 4.05. The highest BCUT2D eigenvalue weighted by atomic mass is 19.1. The molecule has 0 N–H and O–H groups in total. The fourth-order valence-corrected chi connectivity index (χ4v) is 3.44. The van der Waals surface area contributed by atoms with Crippen molar-refractivity contribution >= 4 is 11.6 Å². The van der Waals surface area contributed by atoms with Gasteiger partial charge in [-0.2, -0.15) is 4.98 Å². The summed E-state index contributed by atoms with van der Waals surface area (Å²) in [6, 6.07) is 11.9. The van der Waals surface area contributed by atoms with Gasteiger partial charge in [0.15, 0.2) is 5.82 Å². The average Bonchev–Trinajstić information content (AvgIpc) is 3.23. The van der Waals surface area contributed by atoms with Crippen molar-refractivity contribution in [1.82, 2.24) is 10.1 Å². The van der Waals surface area contributed by atoms with E-state index in [1.54, 1.807) is 12.1 Å². The fourth-order valence-electron chi connectivity index (χ4n) is 3.44. The predicted molar refractivity (Wildman–Crippen MR) is 95.3 cm³/mol. The van der Waals surface area contributed by atoms with Gasteiger partial charge in [-0.15, -0.1) is 0 Å². The molecule has 1 unspecified atom stereocenters. The van der Waals surface area contributed by atoms with Crippen LogP contribution in [-0.4, -0.2) is 22.6 Å². The Morgan fingerprint density at radius 3 is 2.50 bits per heavy atom. The third-order valence-electron chi connectivity index (χ3n) is 4.73. The minimum atomic E-state index is -0.320. The topological polar surface area (TPSA) is 59.2 Å². The molecule has 0 bridgehead atoms. The third kappa shape index (κ3) is 2.87. The predicted octanol–water partition coefficient (Wildman–Crippen LogP) is 4.01. The van der Waals surface area contributed by atoms with Crippen LogP contribution in [0.5, 0.6) is 0 Å². The molecule has 26 heavy (non-hydrogen) atoms. The normalized spacial score (nSPS) is 17.1. The van der Waals surface area contributed by atoms with Crippen LogP contribution in [0.15, 0.2) is 47.0 Å². The summed E-state index contributed by atoms with van der Waals surface area (Å²) < 4.78 is 18.4. The Balaban J connectivity index is 1.59. The van der Waals surface area contributed by atoms with Gasteiger partial charge in [0.2, 0.25) is 5.91 Å². The summed E-state index contributed by atoms with van der Waals surface area (Å²) in [7, 11) is 0. The Hall–Kier alpha value is -3.02. The van der Waals surface area contributed by atoms with E-state index in [-0.39, 0.29) is 17.6 Å². The van der Waals surface area contributed by atoms with Gasteiger partial charge < -0.3 is 9.42 Å². The molecule has 5 nitrogen and oxygen atoms in total. The van der Waals surface area contributed by atoms with Crippen LogP contribution in [-0.2, 0) is 4.79 Å². The summed E-state index contributed by atoms with van der Waals surface area (Å²) in [6.07, 6.45) is 0.343. The van der Waals surface area contributed by atoms with Crippen molar-refractivity contribution in [3.63, 3.8) is 0 Å². The molecule has 0 radical (unpaired) electrons. The van der Waals surface area contributed by atoms with E-state index < -0.39 is 0 Å². The highest BCUT2D eigenvalue weighted by molar-refractivity contribution is 5.97. The maximum absolute atomic E-state index is 13.1. The summed E-state index contributed by atoms with van der Waals surface area (Å²) in [4.78, 5) is 18.8. The zero-order valence-corrected chi connectivity index (χ0v) is 14.6. The number of halogens is 1. The lowest BCUT2D eigenvalue weighted by atomic mass is 10.1. The van der Waals surface area contributed by atoms with Gasteiger partial charge in [0, 0.05) is 30.1 Å². The molecule has 1 aliphatic rings. The minimum Gasteiger partial charge on any atom is -0.334 e. The van der Waals surface area contributed by atoms with E-state index >= 15 is 0 Å². The van der Waals surface area contributed by atoms with Crippen LogP contribution >= 0.6 is 0 Å². The molecule has 1 fully saturated rings. The molecule has 0 spiro atoms. The first-order valence-electron chi connectivity index (χ1n) is 8.49. The van der Waals surface area contributed by atoms with E-state index in [4.69, 9.17) is 4.52 Å². The number of carbonyl (C=O) groups excluding carboxylic acids is 1. The Morgan fingerprint density at radius 1 is 1.12 bits per heavy atom. The van der Waals surface area contributed by atoms with E-state index in [0.717, 1.165) is 16.8 Å². The van der Waals surface area contributed by atoms with E-state index in [1.807, 2.05) is 36.9 Å². The molecular formula is C20H18FN3O2. The summed E-state index contributed by atoms with van der Waals surface area (Å²) in [5.74, 6) is 0.448. The van der Waals surface area contributed by atoms with E-state index in [0.29, 0.717) is 30.2 Å². The van der Waals surface area contributed by atoms with Crippen molar-refractivity contribution in [3.05, 3.63) is 65.2 Å². The standard InChI is InChI=1S/C20H18FN3O2/c1-12-4-3-5-13(2)18(12)24-11-15(10-17(24)25)19-22-20(26-23-19)14-6-8-16(21)9-7-14/h3-9,15H,10-11H2,1-2H3. The molecule has 3 aromatic rings. The molecule has 1 saturated heterocycles. The van der Waals surface area contributed by atoms with E-state index in [2.05, 4.69) is 10.1 Å². The lowest BCUT2D eigenvalue weighted by Gasteiger charge is -2.21. The maximum Gasteiger partial charge on any atom is 0.257 e. The van der Waals surface area contributed by atoms with Crippen molar-refractivity contribution in [3.8, 4) is 11.5 Å². The first kappa shape index (κ1) is 16.4. The summed E-state index contributed by atoms with van der Waals surface area (Å²) >= 11 is 0. The minimum absolute atomic E-state index is 0.0560. The highest BCUT2D eigenvalue weighted by Crippen LogP contribution is 2.34. The van der Waals surface area contributed by atoms with Crippen LogP contribution in [0.2, 0.25) is 0 Å². The Bertz CT molecular complexity index is 945. The molecule has 4 rings (SSSR count). The molecule has 132 valence electrons. The van der Waals surface area contributed by atoms with Gasteiger partial charge in [-0.1, -0.05) is 23.4 Å². The maximum atomic E-state index is 13.1. The average molecular weight is 351 g/mol. The lowest BCUT2D eigenvalue weighted by molar-refractivity contribution is -0.117. The number of carbonyl (C=O) groups is 1. The third-order valence-corrected chi connectivity index (χ3v) is 4.73. The molecule has 1 amide bonds. The molecule has 1 aliphatic heterocycles. The van der Waals surface area contributed by atoms with Gasteiger partial charge in [0.05, 0.1) is 0 Å². The number of rotatable bonds is 3. The Kier molecular flexibility index (Phi) is 4.03. The van der Waals surface area contributed by atoms with Crippen LogP contribution in [0.3, 0.4) is 0 Å². The Labute approximate surface area is 150 Å². The molecule has 1 atom stereocenters. The SMILES string of the molecule is Cc1cccc(C)c1N1CC(c2noc(-c3ccc(F)cc3)n2)CC1=O. The molecule has 1 aromatic heterocycles. The highest BCUT2D eigenvalue weighted by Gasteiger charge is 2.35. The number of nitrogens with zero attached hydrogens (tertiary/aromatic N) is 3. The number of hydrogen-bond acceptors (Lipinski definition) is 4. The van der Waals surface area contributed by atoms with Crippen molar-refractivity contribution in [2.45, 2.75) is 26.2 Å². The second kappa shape index (κ2) is 6.37. The second-order valence-corrected chi connectivity index (χ2v) is 6.61. The first-order chi connectivity index (χ1) is 12.5. The van der Waals surface area contributed by atoms with Crippen molar-refractivity contribution in [2.75, 3.05) is 11.4 Å². The molecule has 0 saturated carbocycles. The number of amides is 1. The van der Waals surface area contributed by atoms with Crippen LogP contribution in [0, 0.1) is 19.7 Å². The molecule has 6 heteroatoms. The van der Waals surface area contributed by atoms with Gasteiger partial charge in [-0.3, -0.25) is 4.79 Å². The van der Waals surface area contributed by atoms with Gasteiger partial charge in [-0.25, -0.2) is 4.39 Å². The molecule has 2 aromatic carbocycles. The lowest BCUT2D eigenvalue weighted by Crippen LogP contribution is -2.26. The van der Waals surface area contributed by atoms with Crippen molar-refractivity contribution in [1.29, 1.82) is 0 Å². The first-order valence-corrected chi connectivity index (χ1v) is 8.49. The smallest absolute Gasteiger partial charge is 0.257 e. The number of aromatic nitrogens is 2. The number of para-hydroxylation sites is 1. The van der Waals surface area contributed by atoms with Crippen LogP contribution in [0.4, 0.5) is 10.1 Å². The summed E-state index contributed by atoms with van der Waals surface area (Å²) in [6.45, 7) is 4.53. The van der Waals surface area contributed by atoms with E-state index in [1.165, 1.54) is 12.1 Å². The number of aryl methyl sites for hydroxylation is 2. The molecule has 2 heterocycles. The fraction of sp³-hybridized carbons (Fsp3) is 0.250. The number of anilines is 1. The Morgan fingerprint density at radius 2 is 1.81 bits per heavy atom. The van der Waals surface area contributed by atoms with Crippen LogP contribution in [0.1, 0.15) is 29.3 Å². The number of hydrogen-bond donors (Lipinski definition) is 0. The van der Waals surface area contributed by atoms with Gasteiger partial charge in [0.1, 0.15) is 5.82 Å². The van der Waals surface area contributed by atoms with E-state index in [9.17, 15) is 9.18 Å². The van der Waals surface area contributed by atoms with Gasteiger partial charge in [0.25, 0.3) is 5.89 Å². The van der Waals surface area contributed by atoms with Crippen LogP contribution < -0.4 is 4.90 Å². The zero-order chi connectivity index (χ0) is 18.3. The second-order valence-electron chi connectivity index (χ2n) is 6.61. The number of benzene rings is 2. The van der Waals surface area contributed by atoms with Crippen molar-refractivity contribution in [2.24, 2.45) is 0 Å². The van der Waals surface area contributed by atoms with Crippen LogP contribution in [0.25, 0.3) is 11.5 Å². The zero-order valence-electron chi connectivity index (χ0n) is 14.6. The molecule has 0 aliphatic carbocycles. The summed E-state index contributed by atoms with van der Waals surface area (Å²) in [5.41, 5.74) is 3.75. The largest absolute Gasteiger partial charge is 0.334 e. The van der Waals surface area contributed by atoms with Gasteiger partial charge >= 0.3 is 0 Å².